The fraction of sp³-hybridized carbons (Fsp3) is 0.692. The lowest BCUT2D eigenvalue weighted by Crippen LogP contribution is -1.99. The Labute approximate surface area is 94.0 Å². The molecule has 0 aromatic carbocycles. The van der Waals surface area contributed by atoms with Gasteiger partial charge in [0.05, 0.1) is 0 Å². The van der Waals surface area contributed by atoms with Gasteiger partial charge in [0.1, 0.15) is 0 Å². The predicted octanol–water partition coefficient (Wildman–Crippen LogP) is 4.94. The van der Waals surface area contributed by atoms with Gasteiger partial charge in [-0.05, 0) is 25.2 Å². The van der Waals surface area contributed by atoms with Crippen LogP contribution in [0.4, 0.5) is 0 Å². The first-order valence-electron chi connectivity index (χ1n) is 5.67. The van der Waals surface area contributed by atoms with E-state index in [1.165, 1.54) is 25.7 Å². The maximum atomic E-state index is 5.78. The van der Waals surface area contributed by atoms with Crippen LogP contribution in [-0.4, -0.2) is 5.88 Å². The molecule has 0 fully saturated rings. The van der Waals surface area contributed by atoms with Gasteiger partial charge < -0.3 is 0 Å². The van der Waals surface area contributed by atoms with Crippen molar-refractivity contribution in [2.75, 3.05) is 5.88 Å². The first kappa shape index (κ1) is 13.8. The molecule has 0 aliphatic rings. The molecule has 0 radical (unpaired) electrons. The lowest BCUT2D eigenvalue weighted by atomic mass is 9.95. The number of unbranched alkanes of at least 4 members (excludes halogenated alkanes) is 1. The Balaban J connectivity index is 3.65. The molecule has 0 nitrogen and oxygen atoms in total. The minimum Gasteiger partial charge on any atom is -0.127 e. The molecule has 0 N–H and O–H groups in total. The van der Waals surface area contributed by atoms with Crippen LogP contribution in [0.2, 0.25) is 0 Å². The zero-order valence-electron chi connectivity index (χ0n) is 9.34. The Bertz CT molecular complexity index is 149. The highest BCUT2D eigenvalue weighted by molar-refractivity contribution is 6.17. The van der Waals surface area contributed by atoms with Crippen molar-refractivity contribution in [1.82, 2.24) is 0 Å². The summed E-state index contributed by atoms with van der Waals surface area (Å²) in [6, 6.07) is 0. The van der Waals surface area contributed by atoms with E-state index in [0.717, 1.165) is 24.6 Å². The van der Waals surface area contributed by atoms with Crippen molar-refractivity contribution in [3.8, 4) is 0 Å². The van der Waals surface area contributed by atoms with Gasteiger partial charge in [0.15, 0.2) is 0 Å². The first-order valence-corrected chi connectivity index (χ1v) is 6.20. The van der Waals surface area contributed by atoms with Gasteiger partial charge in [-0.1, -0.05) is 44.4 Å². The van der Waals surface area contributed by atoms with Crippen LogP contribution < -0.4 is 0 Å². The van der Waals surface area contributed by atoms with Crippen LogP contribution in [0.15, 0.2) is 24.8 Å². The molecule has 0 aromatic rings. The van der Waals surface area contributed by atoms with Crippen LogP contribution in [0, 0.1) is 5.92 Å². The van der Waals surface area contributed by atoms with Crippen molar-refractivity contribution in [3.63, 3.8) is 0 Å². The molecule has 14 heavy (non-hydrogen) atoms. The molecule has 0 spiro atoms. The maximum absolute atomic E-state index is 5.78. The van der Waals surface area contributed by atoms with E-state index in [0.29, 0.717) is 0 Å². The Kier molecular flexibility index (Phi) is 10.7. The van der Waals surface area contributed by atoms with Crippen molar-refractivity contribution >= 4 is 11.6 Å². The lowest BCUT2D eigenvalue weighted by molar-refractivity contribution is 0.458. The fourth-order valence-corrected chi connectivity index (χ4v) is 1.82. The molecular formula is C13H23Cl. The molecule has 0 aliphatic heterocycles. The lowest BCUT2D eigenvalue weighted by Gasteiger charge is -2.12. The van der Waals surface area contributed by atoms with E-state index >= 15 is 0 Å². The standard InChI is InChI=1S/C13H23Cl/c1-3-5-7-8-10-13(11-12-14)9-6-4-2/h3,7-8,13H,1,4-6,9-12H2,2H3. The van der Waals surface area contributed by atoms with Gasteiger partial charge in [0, 0.05) is 5.88 Å². The second kappa shape index (κ2) is 10.8. The molecule has 0 rings (SSSR count). The number of allylic oxidation sites excluding steroid dienone is 3. The molecule has 0 aliphatic carbocycles. The summed E-state index contributed by atoms with van der Waals surface area (Å²) in [7, 11) is 0. The normalized spacial score (nSPS) is 13.3. The van der Waals surface area contributed by atoms with E-state index in [4.69, 9.17) is 11.6 Å². The van der Waals surface area contributed by atoms with Crippen molar-refractivity contribution in [1.29, 1.82) is 0 Å². The zero-order chi connectivity index (χ0) is 10.6. The van der Waals surface area contributed by atoms with Crippen LogP contribution in [0.25, 0.3) is 0 Å². The molecule has 0 amide bonds. The van der Waals surface area contributed by atoms with Gasteiger partial charge in [-0.15, -0.1) is 18.2 Å². The largest absolute Gasteiger partial charge is 0.127 e. The summed E-state index contributed by atoms with van der Waals surface area (Å²) in [4.78, 5) is 0. The smallest absolute Gasteiger partial charge is 0.0226 e. The summed E-state index contributed by atoms with van der Waals surface area (Å²) in [5.41, 5.74) is 0. The Morgan fingerprint density at radius 2 is 2.07 bits per heavy atom. The monoisotopic (exact) mass is 214 g/mol. The van der Waals surface area contributed by atoms with Crippen LogP contribution >= 0.6 is 11.6 Å². The molecule has 82 valence electrons. The number of hydrogen-bond acceptors (Lipinski definition) is 0. The van der Waals surface area contributed by atoms with Crippen molar-refractivity contribution in [2.45, 2.75) is 45.4 Å². The number of hydrogen-bond donors (Lipinski definition) is 0. The highest BCUT2D eigenvalue weighted by Gasteiger charge is 2.04. The third kappa shape index (κ3) is 8.37. The molecule has 1 unspecified atom stereocenters. The maximum Gasteiger partial charge on any atom is 0.0226 e. The van der Waals surface area contributed by atoms with Crippen LogP contribution in [0.5, 0.6) is 0 Å². The van der Waals surface area contributed by atoms with Gasteiger partial charge in [-0.3, -0.25) is 0 Å². The van der Waals surface area contributed by atoms with Crippen LogP contribution in [-0.2, 0) is 0 Å². The zero-order valence-corrected chi connectivity index (χ0v) is 10.1. The minimum absolute atomic E-state index is 0.786. The third-order valence-corrected chi connectivity index (χ3v) is 2.64. The van der Waals surface area contributed by atoms with E-state index in [1.54, 1.807) is 0 Å². The molecule has 0 heterocycles. The Morgan fingerprint density at radius 1 is 1.29 bits per heavy atom. The molecule has 0 saturated carbocycles. The van der Waals surface area contributed by atoms with E-state index in [9.17, 15) is 0 Å². The second-order valence-corrected chi connectivity index (χ2v) is 4.10. The van der Waals surface area contributed by atoms with Crippen molar-refractivity contribution in [3.05, 3.63) is 24.8 Å². The average Bonchev–Trinajstić information content (AvgIpc) is 2.20. The molecule has 0 aromatic heterocycles. The van der Waals surface area contributed by atoms with Gasteiger partial charge in [-0.25, -0.2) is 0 Å². The van der Waals surface area contributed by atoms with Gasteiger partial charge in [0.2, 0.25) is 0 Å². The van der Waals surface area contributed by atoms with Gasteiger partial charge in [-0.2, -0.15) is 0 Å². The molecule has 1 heteroatoms. The summed E-state index contributed by atoms with van der Waals surface area (Å²) in [6.45, 7) is 5.93. The van der Waals surface area contributed by atoms with Gasteiger partial charge >= 0.3 is 0 Å². The van der Waals surface area contributed by atoms with E-state index in [-0.39, 0.29) is 0 Å². The van der Waals surface area contributed by atoms with Gasteiger partial charge in [0.25, 0.3) is 0 Å². The van der Waals surface area contributed by atoms with Crippen LogP contribution in [0.1, 0.15) is 45.4 Å². The number of alkyl halides is 1. The summed E-state index contributed by atoms with van der Waals surface area (Å²) < 4.78 is 0. The summed E-state index contributed by atoms with van der Waals surface area (Å²) in [6.07, 6.45) is 13.7. The summed E-state index contributed by atoms with van der Waals surface area (Å²) >= 11 is 5.78. The SMILES string of the molecule is C=CCC=CCC(CCCl)CCCC. The number of rotatable bonds is 9. The topological polar surface area (TPSA) is 0 Å². The highest BCUT2D eigenvalue weighted by Crippen LogP contribution is 2.18. The highest BCUT2D eigenvalue weighted by atomic mass is 35.5. The van der Waals surface area contributed by atoms with E-state index < -0.39 is 0 Å². The third-order valence-electron chi connectivity index (χ3n) is 2.42. The predicted molar refractivity (Wildman–Crippen MR) is 66.9 cm³/mol. The quantitative estimate of drug-likeness (QED) is 0.377. The Hall–Kier alpha value is -0.230. The van der Waals surface area contributed by atoms with E-state index in [1.807, 2.05) is 6.08 Å². The van der Waals surface area contributed by atoms with Crippen molar-refractivity contribution < 1.29 is 0 Å². The van der Waals surface area contributed by atoms with Crippen molar-refractivity contribution in [2.24, 2.45) is 5.92 Å². The summed E-state index contributed by atoms with van der Waals surface area (Å²) in [5.74, 6) is 1.58. The molecule has 0 bridgehead atoms. The Morgan fingerprint density at radius 3 is 2.64 bits per heavy atom. The first-order chi connectivity index (χ1) is 6.85. The minimum atomic E-state index is 0.786. The number of halogens is 1. The second-order valence-electron chi connectivity index (χ2n) is 3.72. The fourth-order valence-electron chi connectivity index (χ4n) is 1.51. The van der Waals surface area contributed by atoms with Crippen LogP contribution in [0.3, 0.4) is 0 Å². The molecular weight excluding hydrogens is 192 g/mol. The average molecular weight is 215 g/mol. The molecule has 0 saturated heterocycles. The summed E-state index contributed by atoms with van der Waals surface area (Å²) in [5, 5.41) is 0. The van der Waals surface area contributed by atoms with E-state index in [2.05, 4.69) is 25.7 Å². The molecule has 1 atom stereocenters.